The quantitative estimate of drug-likeness (QED) is 0.333. The van der Waals surface area contributed by atoms with Crippen LogP contribution in [0.3, 0.4) is 0 Å². The number of anilines is 1. The van der Waals surface area contributed by atoms with Gasteiger partial charge in [0, 0.05) is 35.2 Å². The summed E-state index contributed by atoms with van der Waals surface area (Å²) in [4.78, 5) is 10.6. The Kier molecular flexibility index (Phi) is 3.44. The fourth-order valence-corrected chi connectivity index (χ4v) is 2.62. The summed E-state index contributed by atoms with van der Waals surface area (Å²) in [5, 5.41) is 9.16. The molecular weight excluding hydrogens is 264 g/mol. The van der Waals surface area contributed by atoms with Crippen molar-refractivity contribution in [3.8, 4) is 11.3 Å². The lowest BCUT2D eigenvalue weighted by atomic mass is 9.95. The van der Waals surface area contributed by atoms with Crippen molar-refractivity contribution in [2.75, 3.05) is 5.73 Å². The average Bonchev–Trinajstić information content (AvgIpc) is 2.46. The first-order chi connectivity index (χ1) is 10.2. The average molecular weight is 280 g/mol. The molecule has 0 saturated heterocycles. The number of carbonyl (C=O) groups excluding carboxylic acids is 1. The number of aryl methyl sites for hydroxylation is 1. The first kappa shape index (κ1) is 13.4. The third-order valence-corrected chi connectivity index (χ3v) is 3.61. The molecule has 1 aliphatic heterocycles. The monoisotopic (exact) mass is 280 g/mol. The summed E-state index contributed by atoms with van der Waals surface area (Å²) in [5.41, 5.74) is 9.33. The number of nitrogen functional groups attached to an aromatic ring is 1. The maximum atomic E-state index is 10.6. The van der Waals surface area contributed by atoms with Crippen molar-refractivity contribution in [3.05, 3.63) is 47.3 Å². The Hall–Kier alpha value is -2.62. The smallest absolute Gasteiger partial charge is 0.137 e. The molecule has 0 spiro atoms. The minimum absolute atomic E-state index is 0.411. The number of nitrogens with two attached hydrogens (primary N) is 1. The van der Waals surface area contributed by atoms with Crippen LogP contribution in [0.25, 0.3) is 22.3 Å². The Morgan fingerprint density at radius 2 is 2.05 bits per heavy atom. The standard InChI is InChI=1S/C17H16N2O2/c18-11-4-6-14-13(3-1-2-8-20)15-7-5-12(19)10-17(15)21-16(14)9-11/h4-10,18H,1-3,19H2. The number of unbranched alkanes of at least 4 members (excludes halogenated alkanes) is 1. The zero-order valence-electron chi connectivity index (χ0n) is 11.6. The predicted molar refractivity (Wildman–Crippen MR) is 82.1 cm³/mol. The van der Waals surface area contributed by atoms with Crippen LogP contribution in [0, 0.1) is 5.41 Å². The Morgan fingerprint density at radius 3 is 2.86 bits per heavy atom. The molecule has 0 bridgehead atoms. The molecule has 1 heterocycles. The molecule has 2 aliphatic rings. The van der Waals surface area contributed by atoms with Gasteiger partial charge in [-0.2, -0.15) is 0 Å². The number of fused-ring (bicyclic) bond motifs is 2. The highest BCUT2D eigenvalue weighted by Crippen LogP contribution is 2.34. The molecule has 3 rings (SSSR count). The van der Waals surface area contributed by atoms with Crippen LogP contribution in [0.1, 0.15) is 18.4 Å². The van der Waals surface area contributed by atoms with Crippen LogP contribution in [0.5, 0.6) is 0 Å². The Balaban J connectivity index is 2.27. The fraction of sp³-hybridized carbons (Fsp3) is 0.176. The number of rotatable bonds is 4. The van der Waals surface area contributed by atoms with Gasteiger partial charge in [-0.3, -0.25) is 0 Å². The van der Waals surface area contributed by atoms with Gasteiger partial charge in [0.1, 0.15) is 17.6 Å². The summed E-state index contributed by atoms with van der Waals surface area (Å²) in [5.74, 6) is 0.682. The minimum Gasteiger partial charge on any atom is -0.456 e. The summed E-state index contributed by atoms with van der Waals surface area (Å²) >= 11 is 0. The fourth-order valence-electron chi connectivity index (χ4n) is 2.62. The van der Waals surface area contributed by atoms with Gasteiger partial charge in [0.15, 0.2) is 0 Å². The van der Waals surface area contributed by atoms with Gasteiger partial charge >= 0.3 is 0 Å². The van der Waals surface area contributed by atoms with E-state index in [9.17, 15) is 4.79 Å². The molecule has 3 N–H and O–H groups in total. The number of carbonyl (C=O) groups is 1. The van der Waals surface area contributed by atoms with Crippen molar-refractivity contribution in [1.82, 2.24) is 0 Å². The van der Waals surface area contributed by atoms with Crippen LogP contribution in [0.2, 0.25) is 0 Å². The highest BCUT2D eigenvalue weighted by molar-refractivity contribution is 5.89. The molecule has 0 aromatic heterocycles. The molecule has 1 aromatic carbocycles. The third-order valence-electron chi connectivity index (χ3n) is 3.61. The van der Waals surface area contributed by atoms with Crippen LogP contribution >= 0.6 is 0 Å². The van der Waals surface area contributed by atoms with Crippen LogP contribution in [0.4, 0.5) is 5.69 Å². The van der Waals surface area contributed by atoms with Crippen molar-refractivity contribution in [3.63, 3.8) is 0 Å². The summed E-state index contributed by atoms with van der Waals surface area (Å²) < 4.78 is 5.89. The van der Waals surface area contributed by atoms with E-state index in [0.717, 1.165) is 35.6 Å². The highest BCUT2D eigenvalue weighted by atomic mass is 16.3. The normalized spacial score (nSPS) is 11.0. The summed E-state index contributed by atoms with van der Waals surface area (Å²) in [6, 6.07) is 11.0. The third kappa shape index (κ3) is 2.52. The van der Waals surface area contributed by atoms with E-state index < -0.39 is 0 Å². The van der Waals surface area contributed by atoms with E-state index in [1.807, 2.05) is 18.2 Å². The predicted octanol–water partition coefficient (Wildman–Crippen LogP) is 3.12. The maximum Gasteiger partial charge on any atom is 0.137 e. The number of aldehydes is 1. The minimum atomic E-state index is 0.411. The van der Waals surface area contributed by atoms with Gasteiger partial charge < -0.3 is 20.4 Å². The molecule has 0 radical (unpaired) electrons. The number of benzene rings is 2. The second-order valence-corrected chi connectivity index (χ2v) is 5.11. The second kappa shape index (κ2) is 5.40. The lowest BCUT2D eigenvalue weighted by molar-refractivity contribution is -0.107. The van der Waals surface area contributed by atoms with Gasteiger partial charge in [-0.25, -0.2) is 0 Å². The van der Waals surface area contributed by atoms with Gasteiger partial charge in [-0.1, -0.05) is 0 Å². The second-order valence-electron chi connectivity index (χ2n) is 5.11. The van der Waals surface area contributed by atoms with E-state index in [-0.39, 0.29) is 0 Å². The number of nitrogens with one attached hydrogen (secondary N) is 1. The van der Waals surface area contributed by atoms with Gasteiger partial charge in [-0.15, -0.1) is 0 Å². The summed E-state index contributed by atoms with van der Waals surface area (Å²) in [7, 11) is 0. The molecular formula is C17H16N2O2. The van der Waals surface area contributed by atoms with Crippen LogP contribution in [0.15, 0.2) is 40.8 Å². The van der Waals surface area contributed by atoms with Gasteiger partial charge in [-0.05, 0) is 42.7 Å². The van der Waals surface area contributed by atoms with Gasteiger partial charge in [0.05, 0.1) is 5.36 Å². The van der Waals surface area contributed by atoms with Gasteiger partial charge in [0.25, 0.3) is 0 Å². The van der Waals surface area contributed by atoms with Crippen LogP contribution < -0.4 is 11.1 Å². The molecule has 0 fully saturated rings. The van der Waals surface area contributed by atoms with E-state index in [2.05, 4.69) is 0 Å². The SMILES string of the molecule is N=c1ccc2c(CCCC=O)c3ccc(N)cc3oc-2c1. The van der Waals surface area contributed by atoms with Crippen molar-refractivity contribution in [2.24, 2.45) is 0 Å². The molecule has 0 amide bonds. The molecule has 106 valence electrons. The van der Waals surface area contributed by atoms with Crippen molar-refractivity contribution >= 4 is 22.9 Å². The molecule has 21 heavy (non-hydrogen) atoms. The highest BCUT2D eigenvalue weighted by Gasteiger charge is 2.14. The molecule has 0 saturated carbocycles. The van der Waals surface area contributed by atoms with E-state index in [1.54, 1.807) is 18.2 Å². The topological polar surface area (TPSA) is 80.1 Å². The largest absolute Gasteiger partial charge is 0.456 e. The van der Waals surface area contributed by atoms with Gasteiger partial charge in [0.2, 0.25) is 0 Å². The Morgan fingerprint density at radius 1 is 1.19 bits per heavy atom. The van der Waals surface area contributed by atoms with E-state index in [1.165, 1.54) is 0 Å². The number of hydrogen-bond acceptors (Lipinski definition) is 4. The molecule has 4 nitrogen and oxygen atoms in total. The molecule has 4 heteroatoms. The molecule has 1 aliphatic carbocycles. The maximum absolute atomic E-state index is 10.6. The lowest BCUT2D eigenvalue weighted by Gasteiger charge is -2.14. The lowest BCUT2D eigenvalue weighted by Crippen LogP contribution is -2.02. The van der Waals surface area contributed by atoms with E-state index in [0.29, 0.717) is 28.8 Å². The zero-order chi connectivity index (χ0) is 14.8. The van der Waals surface area contributed by atoms with Crippen molar-refractivity contribution in [2.45, 2.75) is 19.3 Å². The van der Waals surface area contributed by atoms with Crippen LogP contribution in [-0.4, -0.2) is 6.29 Å². The Bertz CT molecular complexity index is 836. The molecule has 1 aromatic rings. The zero-order valence-corrected chi connectivity index (χ0v) is 11.6. The van der Waals surface area contributed by atoms with E-state index >= 15 is 0 Å². The van der Waals surface area contributed by atoms with Crippen LogP contribution in [-0.2, 0) is 11.2 Å². The van der Waals surface area contributed by atoms with Crippen molar-refractivity contribution in [1.29, 1.82) is 5.41 Å². The Labute approximate surface area is 122 Å². The first-order valence-electron chi connectivity index (χ1n) is 6.92. The molecule has 0 unspecified atom stereocenters. The first-order valence-corrected chi connectivity index (χ1v) is 6.92. The van der Waals surface area contributed by atoms with Crippen molar-refractivity contribution < 1.29 is 9.21 Å². The molecule has 0 atom stereocenters. The number of hydrogen-bond donors (Lipinski definition) is 2. The summed E-state index contributed by atoms with van der Waals surface area (Å²) in [6.45, 7) is 0. The van der Waals surface area contributed by atoms with E-state index in [4.69, 9.17) is 15.6 Å². The summed E-state index contributed by atoms with van der Waals surface area (Å²) in [6.07, 6.45) is 3.08.